The molecule has 0 aliphatic rings. The second-order valence-electron chi connectivity index (χ2n) is 6.94. The lowest BCUT2D eigenvalue weighted by molar-refractivity contribution is -0.152. The van der Waals surface area contributed by atoms with Crippen molar-refractivity contribution < 1.29 is 27.1 Å². The Labute approximate surface area is 185 Å². The van der Waals surface area contributed by atoms with Gasteiger partial charge in [-0.2, -0.15) is 13.2 Å². The summed E-state index contributed by atoms with van der Waals surface area (Å²) in [4.78, 5) is 13.0. The van der Waals surface area contributed by atoms with E-state index in [4.69, 9.17) is 25.5 Å². The summed E-state index contributed by atoms with van der Waals surface area (Å²) >= 11 is 5.95. The van der Waals surface area contributed by atoms with E-state index in [0.717, 1.165) is 5.56 Å². The molecule has 0 aliphatic carbocycles. The molecule has 0 atom stereocenters. The fraction of sp³-hybridized carbons (Fsp3) is 0.125. The predicted molar refractivity (Wildman–Crippen MR) is 115 cm³/mol. The van der Waals surface area contributed by atoms with Crippen LogP contribution in [0.5, 0.6) is 11.5 Å². The summed E-state index contributed by atoms with van der Waals surface area (Å²) in [6.07, 6.45) is -4.87. The summed E-state index contributed by atoms with van der Waals surface area (Å²) in [7, 11) is 1.44. The number of fused-ring (bicyclic) bond motifs is 1. The van der Waals surface area contributed by atoms with Crippen LogP contribution in [-0.2, 0) is 12.8 Å². The van der Waals surface area contributed by atoms with Crippen LogP contribution in [-0.4, -0.2) is 7.11 Å². The molecule has 4 nitrogen and oxygen atoms in total. The molecule has 0 fully saturated rings. The zero-order chi connectivity index (χ0) is 22.9. The van der Waals surface area contributed by atoms with Gasteiger partial charge in [0.2, 0.25) is 11.2 Å². The van der Waals surface area contributed by atoms with Gasteiger partial charge in [0.1, 0.15) is 23.7 Å². The van der Waals surface area contributed by atoms with E-state index in [9.17, 15) is 18.0 Å². The highest BCUT2D eigenvalue weighted by Gasteiger charge is 2.39. The monoisotopic (exact) mass is 460 g/mol. The van der Waals surface area contributed by atoms with Crippen molar-refractivity contribution in [3.8, 4) is 22.6 Å². The average Bonchev–Trinajstić information content (AvgIpc) is 2.77. The lowest BCUT2D eigenvalue weighted by Gasteiger charge is -2.14. The molecular weight excluding hydrogens is 445 g/mol. The van der Waals surface area contributed by atoms with Gasteiger partial charge in [-0.25, -0.2) is 0 Å². The van der Waals surface area contributed by atoms with Gasteiger partial charge < -0.3 is 13.9 Å². The van der Waals surface area contributed by atoms with E-state index in [0.29, 0.717) is 10.8 Å². The van der Waals surface area contributed by atoms with Gasteiger partial charge in [-0.3, -0.25) is 4.79 Å². The van der Waals surface area contributed by atoms with E-state index in [1.807, 2.05) is 0 Å². The van der Waals surface area contributed by atoms with Gasteiger partial charge in [0.05, 0.1) is 18.1 Å². The molecule has 8 heteroatoms. The highest BCUT2D eigenvalue weighted by molar-refractivity contribution is 6.30. The van der Waals surface area contributed by atoms with Gasteiger partial charge in [0.15, 0.2) is 0 Å². The van der Waals surface area contributed by atoms with Crippen LogP contribution in [0.2, 0.25) is 5.02 Å². The minimum absolute atomic E-state index is 0.0129. The summed E-state index contributed by atoms with van der Waals surface area (Å²) in [5.74, 6) is -0.660. The van der Waals surface area contributed by atoms with E-state index in [1.54, 1.807) is 24.3 Å². The summed E-state index contributed by atoms with van der Waals surface area (Å²) in [5.41, 5.74) is -0.700. The fourth-order valence-corrected chi connectivity index (χ4v) is 3.49. The number of hydrogen-bond acceptors (Lipinski definition) is 4. The second-order valence-corrected chi connectivity index (χ2v) is 7.37. The molecule has 0 saturated heterocycles. The molecular formula is C24H16ClF3O4. The Kier molecular flexibility index (Phi) is 5.84. The number of benzene rings is 3. The van der Waals surface area contributed by atoms with Crippen molar-refractivity contribution in [2.75, 3.05) is 7.11 Å². The molecule has 32 heavy (non-hydrogen) atoms. The fourth-order valence-electron chi connectivity index (χ4n) is 3.28. The van der Waals surface area contributed by atoms with Gasteiger partial charge in [-0.15, -0.1) is 0 Å². The van der Waals surface area contributed by atoms with E-state index >= 15 is 0 Å². The zero-order valence-corrected chi connectivity index (χ0v) is 17.5. The van der Waals surface area contributed by atoms with Crippen LogP contribution < -0.4 is 14.9 Å². The molecule has 0 N–H and O–H groups in total. The van der Waals surface area contributed by atoms with Crippen molar-refractivity contribution in [2.45, 2.75) is 12.8 Å². The van der Waals surface area contributed by atoms with Gasteiger partial charge >= 0.3 is 6.18 Å². The normalized spacial score (nSPS) is 11.5. The van der Waals surface area contributed by atoms with E-state index in [-0.39, 0.29) is 28.9 Å². The Morgan fingerprint density at radius 2 is 1.69 bits per heavy atom. The Bertz CT molecular complexity index is 1330. The maximum Gasteiger partial charge on any atom is 0.450 e. The molecule has 1 aromatic heterocycles. The quantitative estimate of drug-likeness (QED) is 0.332. The molecule has 4 aromatic rings. The zero-order valence-electron chi connectivity index (χ0n) is 16.7. The molecule has 3 aromatic carbocycles. The molecule has 0 radical (unpaired) electrons. The summed E-state index contributed by atoms with van der Waals surface area (Å²) in [6.45, 7) is 0.145. The first-order valence-electron chi connectivity index (χ1n) is 9.46. The number of rotatable bonds is 5. The standard InChI is InChI=1S/C24H16ClF3O4/c1-30-17-7-5-15(6-8-17)21-22(29)19-10-9-18(12-20(19)32-23(21)24(26,27)28)31-13-14-3-2-4-16(25)11-14/h2-12H,13H2,1H3. The molecule has 0 spiro atoms. The third-order valence-electron chi connectivity index (χ3n) is 4.79. The number of halogens is 4. The molecule has 0 unspecified atom stereocenters. The average molecular weight is 461 g/mol. The summed E-state index contributed by atoms with van der Waals surface area (Å²) < 4.78 is 57.3. The summed E-state index contributed by atoms with van der Waals surface area (Å²) in [6, 6.07) is 16.9. The van der Waals surface area contributed by atoms with Crippen molar-refractivity contribution in [1.82, 2.24) is 0 Å². The van der Waals surface area contributed by atoms with Crippen LogP contribution in [0.25, 0.3) is 22.1 Å². The molecule has 164 valence electrons. The smallest absolute Gasteiger partial charge is 0.450 e. The van der Waals surface area contributed by atoms with Crippen LogP contribution in [0.15, 0.2) is 75.9 Å². The first kappa shape index (κ1) is 21.8. The molecule has 0 bridgehead atoms. The minimum atomic E-state index is -4.87. The van der Waals surface area contributed by atoms with Gasteiger partial charge in [0, 0.05) is 11.1 Å². The molecule has 0 saturated carbocycles. The lowest BCUT2D eigenvalue weighted by atomic mass is 10.0. The second kappa shape index (κ2) is 8.59. The first-order valence-corrected chi connectivity index (χ1v) is 9.84. The van der Waals surface area contributed by atoms with Gasteiger partial charge in [0.25, 0.3) is 0 Å². The van der Waals surface area contributed by atoms with Gasteiger partial charge in [-0.1, -0.05) is 35.9 Å². The minimum Gasteiger partial charge on any atom is -0.497 e. The Morgan fingerprint density at radius 1 is 0.969 bits per heavy atom. The lowest BCUT2D eigenvalue weighted by Crippen LogP contribution is -2.16. The maximum atomic E-state index is 13.8. The third-order valence-corrected chi connectivity index (χ3v) is 5.03. The predicted octanol–water partition coefficient (Wildman–Crippen LogP) is 6.72. The van der Waals surface area contributed by atoms with Crippen molar-refractivity contribution in [2.24, 2.45) is 0 Å². The van der Waals surface area contributed by atoms with Crippen molar-refractivity contribution in [3.63, 3.8) is 0 Å². The van der Waals surface area contributed by atoms with E-state index in [1.165, 1.54) is 49.6 Å². The van der Waals surface area contributed by atoms with Crippen molar-refractivity contribution >= 4 is 22.6 Å². The van der Waals surface area contributed by atoms with Crippen LogP contribution in [0.3, 0.4) is 0 Å². The van der Waals surface area contributed by atoms with E-state index in [2.05, 4.69) is 0 Å². The SMILES string of the molecule is COc1ccc(-c2c(C(F)(F)F)oc3cc(OCc4cccc(Cl)c4)ccc3c2=O)cc1. The largest absolute Gasteiger partial charge is 0.497 e. The van der Waals surface area contributed by atoms with Crippen LogP contribution in [0.1, 0.15) is 11.3 Å². The Hall–Kier alpha value is -3.45. The Morgan fingerprint density at radius 3 is 2.34 bits per heavy atom. The Balaban J connectivity index is 1.77. The molecule has 0 aliphatic heterocycles. The van der Waals surface area contributed by atoms with Gasteiger partial charge in [-0.05, 0) is 47.5 Å². The first-order chi connectivity index (χ1) is 15.3. The summed E-state index contributed by atoms with van der Waals surface area (Å²) in [5, 5.41) is 0.551. The highest BCUT2D eigenvalue weighted by atomic mass is 35.5. The number of ether oxygens (including phenoxy) is 2. The van der Waals surface area contributed by atoms with Crippen molar-refractivity contribution in [3.05, 3.63) is 93.3 Å². The maximum absolute atomic E-state index is 13.8. The van der Waals surface area contributed by atoms with Crippen LogP contribution in [0, 0.1) is 0 Å². The topological polar surface area (TPSA) is 48.7 Å². The van der Waals surface area contributed by atoms with Crippen LogP contribution in [0.4, 0.5) is 13.2 Å². The third kappa shape index (κ3) is 4.43. The number of alkyl halides is 3. The van der Waals surface area contributed by atoms with E-state index < -0.39 is 22.9 Å². The molecule has 4 rings (SSSR count). The van der Waals surface area contributed by atoms with Crippen molar-refractivity contribution in [1.29, 1.82) is 0 Å². The molecule has 0 amide bonds. The number of methoxy groups -OCH3 is 1. The van der Waals surface area contributed by atoms with Crippen LogP contribution >= 0.6 is 11.6 Å². The molecule has 1 heterocycles. The highest BCUT2D eigenvalue weighted by Crippen LogP contribution is 2.38. The number of hydrogen-bond donors (Lipinski definition) is 0.